The molecular formula is C14H19N2O4PS. The van der Waals surface area contributed by atoms with Gasteiger partial charge in [0.1, 0.15) is 0 Å². The van der Waals surface area contributed by atoms with Crippen LogP contribution in [0.5, 0.6) is 0 Å². The Morgan fingerprint density at radius 1 is 1.23 bits per heavy atom. The predicted octanol–water partition coefficient (Wildman–Crippen LogP) is 2.52. The Kier molecular flexibility index (Phi) is 5.47. The highest BCUT2D eigenvalue weighted by Crippen LogP contribution is 2.39. The summed E-state index contributed by atoms with van der Waals surface area (Å²) in [5.41, 5.74) is 4.95. The molecule has 0 bridgehead atoms. The number of anilines is 1. The predicted molar refractivity (Wildman–Crippen MR) is 89.0 cm³/mol. The molecule has 1 aliphatic heterocycles. The fourth-order valence-corrected chi connectivity index (χ4v) is 2.67. The summed E-state index contributed by atoms with van der Waals surface area (Å²) >= 11 is 4.50. The second-order valence-corrected chi connectivity index (χ2v) is 7.07. The number of nitrogens with zero attached hydrogens (tertiary/aromatic N) is 1. The number of aryl methyl sites for hydroxylation is 1. The van der Waals surface area contributed by atoms with E-state index in [-0.39, 0.29) is 5.88 Å². The van der Waals surface area contributed by atoms with E-state index >= 15 is 0 Å². The second kappa shape index (κ2) is 7.15. The summed E-state index contributed by atoms with van der Waals surface area (Å²) in [5, 5.41) is 1.70. The van der Waals surface area contributed by atoms with E-state index in [0.29, 0.717) is 12.5 Å². The fourth-order valence-electron chi connectivity index (χ4n) is 2.07. The standard InChI is InChI=1S/C14H19N2O4PS/c1-3-11-7-5-6-8-12(11)16-14(19-4-2)10-9-13(15-16)20-21(17,18)22/h5-10,15H,3-4H2,1-2H3,(H2,17,18,22). The number of rotatable bonds is 6. The largest absolute Gasteiger partial charge is 0.478 e. The van der Waals surface area contributed by atoms with E-state index in [1.165, 1.54) is 0 Å². The maximum Gasteiger partial charge on any atom is 0.376 e. The van der Waals surface area contributed by atoms with Crippen LogP contribution in [0.1, 0.15) is 19.4 Å². The van der Waals surface area contributed by atoms with Crippen molar-refractivity contribution >= 4 is 24.2 Å². The Morgan fingerprint density at radius 3 is 2.59 bits per heavy atom. The Balaban J connectivity index is 2.34. The summed E-state index contributed by atoms with van der Waals surface area (Å²) in [5.74, 6) is 0.739. The van der Waals surface area contributed by atoms with Gasteiger partial charge >= 0.3 is 6.72 Å². The summed E-state index contributed by atoms with van der Waals surface area (Å²) < 4.78 is 10.6. The molecule has 6 nitrogen and oxygen atoms in total. The first-order valence-corrected chi connectivity index (χ1v) is 9.51. The molecule has 1 aromatic rings. The lowest BCUT2D eigenvalue weighted by molar-refractivity contribution is 0.205. The minimum Gasteiger partial charge on any atom is -0.478 e. The highest BCUT2D eigenvalue weighted by molar-refractivity contribution is 8.06. The lowest BCUT2D eigenvalue weighted by Crippen LogP contribution is -2.40. The summed E-state index contributed by atoms with van der Waals surface area (Å²) in [7, 11) is 0. The van der Waals surface area contributed by atoms with E-state index in [0.717, 1.165) is 17.7 Å². The summed E-state index contributed by atoms with van der Waals surface area (Å²) in [4.78, 5) is 18.6. The van der Waals surface area contributed by atoms with Crippen LogP contribution in [0.25, 0.3) is 0 Å². The average Bonchev–Trinajstić information content (AvgIpc) is 2.47. The van der Waals surface area contributed by atoms with Crippen molar-refractivity contribution in [3.05, 3.63) is 53.7 Å². The van der Waals surface area contributed by atoms with Crippen LogP contribution in [-0.2, 0) is 27.5 Å². The first-order valence-electron chi connectivity index (χ1n) is 6.89. The number of ether oxygens (including phenoxy) is 1. The van der Waals surface area contributed by atoms with Crippen LogP contribution in [0.4, 0.5) is 5.69 Å². The first-order chi connectivity index (χ1) is 10.4. The van der Waals surface area contributed by atoms with Gasteiger partial charge in [-0.05, 0) is 25.0 Å². The monoisotopic (exact) mass is 342 g/mol. The number of nitrogens with one attached hydrogen (secondary N) is 1. The van der Waals surface area contributed by atoms with E-state index in [4.69, 9.17) is 9.26 Å². The number of hydrogen-bond acceptors (Lipinski definition) is 5. The molecule has 0 saturated heterocycles. The fraction of sp³-hybridized carbons (Fsp3) is 0.286. The molecule has 22 heavy (non-hydrogen) atoms. The summed E-state index contributed by atoms with van der Waals surface area (Å²) in [6.45, 7) is 0.647. The van der Waals surface area contributed by atoms with Crippen LogP contribution in [0.2, 0.25) is 0 Å². The third kappa shape index (κ3) is 4.24. The van der Waals surface area contributed by atoms with Gasteiger partial charge in [-0.3, -0.25) is 5.43 Å². The molecule has 1 aliphatic rings. The van der Waals surface area contributed by atoms with Crippen molar-refractivity contribution in [2.24, 2.45) is 0 Å². The zero-order valence-corrected chi connectivity index (χ0v) is 14.1. The van der Waals surface area contributed by atoms with Gasteiger partial charge in [-0.25, -0.2) is 5.01 Å². The third-order valence-electron chi connectivity index (χ3n) is 2.94. The quantitative estimate of drug-likeness (QED) is 0.686. The molecule has 0 aromatic heterocycles. The van der Waals surface area contributed by atoms with E-state index < -0.39 is 6.72 Å². The number of allylic oxidation sites excluding steroid dienone is 2. The molecule has 0 amide bonds. The number of hydrogen-bond donors (Lipinski definition) is 3. The molecule has 2 rings (SSSR count). The van der Waals surface area contributed by atoms with Gasteiger partial charge in [0.25, 0.3) is 0 Å². The van der Waals surface area contributed by atoms with Crippen LogP contribution in [-0.4, -0.2) is 16.4 Å². The Bertz CT molecular complexity index is 641. The zero-order chi connectivity index (χ0) is 16.2. The Morgan fingerprint density at radius 2 is 1.95 bits per heavy atom. The third-order valence-corrected chi connectivity index (χ3v) is 3.60. The van der Waals surface area contributed by atoms with Crippen molar-refractivity contribution in [2.45, 2.75) is 20.3 Å². The van der Waals surface area contributed by atoms with Gasteiger partial charge in [0.15, 0.2) is 0 Å². The minimum atomic E-state index is -3.80. The normalized spacial score (nSPS) is 14.8. The second-order valence-electron chi connectivity index (χ2n) is 4.48. The van der Waals surface area contributed by atoms with Crippen LogP contribution >= 0.6 is 6.72 Å². The van der Waals surface area contributed by atoms with Crippen molar-refractivity contribution in [1.82, 2.24) is 5.43 Å². The van der Waals surface area contributed by atoms with Gasteiger partial charge < -0.3 is 19.0 Å². The Labute approximate surface area is 134 Å². The molecular weight excluding hydrogens is 323 g/mol. The topological polar surface area (TPSA) is 74.2 Å². The maximum atomic E-state index is 9.30. The molecule has 8 heteroatoms. The van der Waals surface area contributed by atoms with Crippen LogP contribution < -0.4 is 10.4 Å². The van der Waals surface area contributed by atoms with Crippen molar-refractivity contribution in [3.63, 3.8) is 0 Å². The molecule has 0 radical (unpaired) electrons. The number of benzene rings is 1. The first kappa shape index (κ1) is 16.8. The van der Waals surface area contributed by atoms with Gasteiger partial charge in [-0.15, -0.1) is 0 Å². The molecule has 0 saturated carbocycles. The van der Waals surface area contributed by atoms with Crippen molar-refractivity contribution in [1.29, 1.82) is 0 Å². The van der Waals surface area contributed by atoms with Crippen LogP contribution in [0.3, 0.4) is 0 Å². The lowest BCUT2D eigenvalue weighted by Gasteiger charge is -2.32. The molecule has 0 spiro atoms. The lowest BCUT2D eigenvalue weighted by atomic mass is 10.1. The SMILES string of the molecule is CCOC1=CC=C(OP(O)(O)=S)NN1c1ccccc1CC. The molecule has 1 heterocycles. The smallest absolute Gasteiger partial charge is 0.376 e. The van der Waals surface area contributed by atoms with Crippen molar-refractivity contribution in [3.8, 4) is 0 Å². The van der Waals surface area contributed by atoms with E-state index in [2.05, 4.69) is 24.2 Å². The molecule has 120 valence electrons. The van der Waals surface area contributed by atoms with Crippen LogP contribution in [0.15, 0.2) is 48.2 Å². The molecule has 0 aliphatic carbocycles. The highest BCUT2D eigenvalue weighted by Gasteiger charge is 2.23. The zero-order valence-electron chi connectivity index (χ0n) is 12.4. The van der Waals surface area contributed by atoms with Gasteiger partial charge in [-0.2, -0.15) is 0 Å². The highest BCUT2D eigenvalue weighted by atomic mass is 32.5. The van der Waals surface area contributed by atoms with Gasteiger partial charge in [0.2, 0.25) is 11.8 Å². The summed E-state index contributed by atoms with van der Waals surface area (Å²) in [6, 6.07) is 7.84. The van der Waals surface area contributed by atoms with Gasteiger partial charge in [0.05, 0.1) is 12.3 Å². The molecule has 1 aromatic carbocycles. The van der Waals surface area contributed by atoms with E-state index in [1.807, 2.05) is 31.2 Å². The molecule has 3 N–H and O–H groups in total. The summed E-state index contributed by atoms with van der Waals surface area (Å²) in [6.07, 6.45) is 4.07. The molecule has 0 unspecified atom stereocenters. The van der Waals surface area contributed by atoms with Crippen molar-refractivity contribution in [2.75, 3.05) is 11.6 Å². The average molecular weight is 342 g/mol. The van der Waals surface area contributed by atoms with Gasteiger partial charge in [-0.1, -0.05) is 25.1 Å². The Hall–Kier alpha value is -1.53. The maximum absolute atomic E-state index is 9.30. The van der Waals surface area contributed by atoms with E-state index in [9.17, 15) is 9.79 Å². The van der Waals surface area contributed by atoms with Crippen LogP contribution in [0, 0.1) is 0 Å². The number of para-hydroxylation sites is 1. The van der Waals surface area contributed by atoms with E-state index in [1.54, 1.807) is 17.2 Å². The molecule has 0 atom stereocenters. The van der Waals surface area contributed by atoms with Crippen molar-refractivity contribution < 1.29 is 19.0 Å². The van der Waals surface area contributed by atoms with Gasteiger partial charge in [0, 0.05) is 24.0 Å². The number of hydrazine groups is 1. The molecule has 0 fully saturated rings. The minimum absolute atomic E-state index is 0.155.